The normalized spacial score (nSPS) is 19.3. The summed E-state index contributed by atoms with van der Waals surface area (Å²) in [6.07, 6.45) is 0. The molecule has 0 aliphatic carbocycles. The van der Waals surface area contributed by atoms with E-state index in [1.807, 2.05) is 18.7 Å². The van der Waals surface area contributed by atoms with E-state index in [-0.39, 0.29) is 17.4 Å². The second kappa shape index (κ2) is 4.93. The summed E-state index contributed by atoms with van der Waals surface area (Å²) >= 11 is 1.21. The second-order valence-electron chi connectivity index (χ2n) is 5.59. The highest BCUT2D eigenvalue weighted by Crippen LogP contribution is 2.25. The molecule has 2 rings (SSSR count). The maximum Gasteiger partial charge on any atom is 0.268 e. The molecule has 0 atom stereocenters. The molecule has 5 nitrogen and oxygen atoms in total. The monoisotopic (exact) mass is 268 g/mol. The van der Waals surface area contributed by atoms with Gasteiger partial charge in [0, 0.05) is 19.6 Å². The van der Waals surface area contributed by atoms with Crippen molar-refractivity contribution in [2.45, 2.75) is 39.2 Å². The van der Waals surface area contributed by atoms with Gasteiger partial charge < -0.3 is 10.2 Å². The van der Waals surface area contributed by atoms with Gasteiger partial charge >= 0.3 is 0 Å². The van der Waals surface area contributed by atoms with Gasteiger partial charge in [-0.05, 0) is 31.3 Å². The van der Waals surface area contributed by atoms with Crippen LogP contribution in [0.3, 0.4) is 0 Å². The van der Waals surface area contributed by atoms with Gasteiger partial charge in [0.2, 0.25) is 0 Å². The van der Waals surface area contributed by atoms with E-state index in [0.717, 1.165) is 25.3 Å². The van der Waals surface area contributed by atoms with Crippen molar-refractivity contribution in [2.75, 3.05) is 19.6 Å². The molecule has 1 aromatic rings. The molecule has 1 aliphatic heterocycles. The molecule has 1 saturated heterocycles. The predicted molar refractivity (Wildman–Crippen MR) is 72.0 cm³/mol. The van der Waals surface area contributed by atoms with Crippen LogP contribution in [-0.2, 0) is 0 Å². The third kappa shape index (κ3) is 2.40. The van der Waals surface area contributed by atoms with Crippen LogP contribution in [0, 0.1) is 0 Å². The van der Waals surface area contributed by atoms with Gasteiger partial charge in [-0.15, -0.1) is 5.10 Å². The largest absolute Gasteiger partial charge is 0.330 e. The number of carbonyl (C=O) groups excluding carboxylic acids is 1. The summed E-state index contributed by atoms with van der Waals surface area (Å²) in [5.74, 6) is 0.300. The number of piperazine rings is 1. The average Bonchev–Trinajstić information content (AvgIpc) is 2.76. The van der Waals surface area contributed by atoms with Gasteiger partial charge in [-0.1, -0.05) is 18.3 Å². The van der Waals surface area contributed by atoms with Crippen molar-refractivity contribution in [1.29, 1.82) is 0 Å². The quantitative estimate of drug-likeness (QED) is 0.883. The number of amides is 1. The van der Waals surface area contributed by atoms with Crippen LogP contribution in [0.1, 0.15) is 49.0 Å². The molecule has 0 bridgehead atoms. The Balaban J connectivity index is 2.27. The third-order valence-corrected chi connectivity index (χ3v) is 4.03. The van der Waals surface area contributed by atoms with Gasteiger partial charge in [0.1, 0.15) is 4.88 Å². The molecule has 0 saturated carbocycles. The Morgan fingerprint density at radius 2 is 2.22 bits per heavy atom. The molecular formula is C12H20N4OS. The highest BCUT2D eigenvalue weighted by atomic mass is 32.1. The number of nitrogens with one attached hydrogen (secondary N) is 1. The fourth-order valence-corrected chi connectivity index (χ4v) is 2.97. The number of rotatable bonds is 2. The van der Waals surface area contributed by atoms with Gasteiger partial charge in [-0.3, -0.25) is 4.79 Å². The molecule has 1 aromatic heterocycles. The van der Waals surface area contributed by atoms with Gasteiger partial charge in [0.15, 0.2) is 0 Å². The maximum atomic E-state index is 12.6. The first-order valence-electron chi connectivity index (χ1n) is 6.28. The number of aromatic nitrogens is 2. The molecule has 1 amide bonds. The minimum Gasteiger partial charge on any atom is -0.330 e. The molecule has 0 unspecified atom stereocenters. The van der Waals surface area contributed by atoms with E-state index >= 15 is 0 Å². The fourth-order valence-electron chi connectivity index (χ4n) is 2.21. The highest BCUT2D eigenvalue weighted by Gasteiger charge is 2.35. The molecule has 1 N–H and O–H groups in total. The zero-order chi connectivity index (χ0) is 13.3. The van der Waals surface area contributed by atoms with E-state index in [1.165, 1.54) is 11.5 Å². The summed E-state index contributed by atoms with van der Waals surface area (Å²) in [7, 11) is 0. The van der Waals surface area contributed by atoms with Crippen LogP contribution in [0.5, 0.6) is 0 Å². The van der Waals surface area contributed by atoms with Gasteiger partial charge in [-0.2, -0.15) is 0 Å². The topological polar surface area (TPSA) is 58.1 Å². The smallest absolute Gasteiger partial charge is 0.268 e. The minimum absolute atomic E-state index is 0.0696. The van der Waals surface area contributed by atoms with Crippen molar-refractivity contribution >= 4 is 17.4 Å². The summed E-state index contributed by atoms with van der Waals surface area (Å²) in [5, 5.41) is 7.41. The van der Waals surface area contributed by atoms with Crippen molar-refractivity contribution in [2.24, 2.45) is 0 Å². The number of carbonyl (C=O) groups is 1. The summed E-state index contributed by atoms with van der Waals surface area (Å²) in [6, 6.07) is 0. The molecule has 0 aromatic carbocycles. The molecule has 0 spiro atoms. The number of hydrogen-bond acceptors (Lipinski definition) is 5. The lowest BCUT2D eigenvalue weighted by Crippen LogP contribution is -2.59. The Bertz CT molecular complexity index is 441. The third-order valence-electron chi connectivity index (χ3n) is 3.30. The van der Waals surface area contributed by atoms with Crippen molar-refractivity contribution in [3.05, 3.63) is 10.6 Å². The lowest BCUT2D eigenvalue weighted by Gasteiger charge is -2.42. The van der Waals surface area contributed by atoms with Gasteiger partial charge in [0.25, 0.3) is 5.91 Å². The van der Waals surface area contributed by atoms with Crippen LogP contribution in [-0.4, -0.2) is 45.6 Å². The van der Waals surface area contributed by atoms with Crippen molar-refractivity contribution in [3.63, 3.8) is 0 Å². The first-order valence-corrected chi connectivity index (χ1v) is 7.06. The molecule has 6 heteroatoms. The molecular weight excluding hydrogens is 248 g/mol. The Morgan fingerprint density at radius 3 is 2.83 bits per heavy atom. The fraction of sp³-hybridized carbons (Fsp3) is 0.750. The van der Waals surface area contributed by atoms with Crippen LogP contribution < -0.4 is 5.32 Å². The van der Waals surface area contributed by atoms with Gasteiger partial charge in [-0.25, -0.2) is 0 Å². The Hall–Kier alpha value is -1.01. The molecule has 1 fully saturated rings. The number of hydrogen-bond donors (Lipinski definition) is 1. The Labute approximate surface area is 112 Å². The SMILES string of the molecule is CC(C)c1nnsc1C(=O)N1CCNCC1(C)C. The zero-order valence-electron chi connectivity index (χ0n) is 11.4. The van der Waals surface area contributed by atoms with Crippen molar-refractivity contribution in [3.8, 4) is 0 Å². The molecule has 18 heavy (non-hydrogen) atoms. The second-order valence-corrected chi connectivity index (χ2v) is 6.34. The summed E-state index contributed by atoms with van der Waals surface area (Å²) in [4.78, 5) is 15.3. The van der Waals surface area contributed by atoms with Crippen LogP contribution in [0.25, 0.3) is 0 Å². The summed E-state index contributed by atoms with van der Waals surface area (Å²) < 4.78 is 3.94. The molecule has 100 valence electrons. The van der Waals surface area contributed by atoms with Gasteiger partial charge in [0.05, 0.1) is 11.2 Å². The lowest BCUT2D eigenvalue weighted by atomic mass is 9.99. The van der Waals surface area contributed by atoms with Crippen molar-refractivity contribution < 1.29 is 4.79 Å². The molecule has 1 aliphatic rings. The highest BCUT2D eigenvalue weighted by molar-refractivity contribution is 7.08. The van der Waals surface area contributed by atoms with E-state index in [1.54, 1.807) is 0 Å². The van der Waals surface area contributed by atoms with Crippen LogP contribution in [0.2, 0.25) is 0 Å². The first-order chi connectivity index (χ1) is 8.43. The van der Waals surface area contributed by atoms with E-state index < -0.39 is 0 Å². The van der Waals surface area contributed by atoms with Crippen LogP contribution in [0.4, 0.5) is 0 Å². The lowest BCUT2D eigenvalue weighted by molar-refractivity contribution is 0.0481. The zero-order valence-corrected chi connectivity index (χ0v) is 12.2. The average molecular weight is 268 g/mol. The predicted octanol–water partition coefficient (Wildman–Crippen LogP) is 1.49. The molecule has 0 radical (unpaired) electrons. The number of nitrogens with zero attached hydrogens (tertiary/aromatic N) is 3. The van der Waals surface area contributed by atoms with E-state index in [0.29, 0.717) is 4.88 Å². The Morgan fingerprint density at radius 1 is 1.50 bits per heavy atom. The summed E-state index contributed by atoms with van der Waals surface area (Å²) in [5.41, 5.74) is 0.660. The molecule has 2 heterocycles. The minimum atomic E-state index is -0.159. The first kappa shape index (κ1) is 13.4. The Kier molecular flexibility index (Phi) is 3.68. The van der Waals surface area contributed by atoms with E-state index in [2.05, 4.69) is 28.8 Å². The maximum absolute atomic E-state index is 12.6. The van der Waals surface area contributed by atoms with E-state index in [9.17, 15) is 4.79 Å². The summed E-state index contributed by atoms with van der Waals surface area (Å²) in [6.45, 7) is 10.6. The standard InChI is InChI=1S/C12H20N4OS/c1-8(2)9-10(18-15-14-9)11(17)16-6-5-13-7-12(16,3)4/h8,13H,5-7H2,1-4H3. The van der Waals surface area contributed by atoms with Crippen molar-refractivity contribution in [1.82, 2.24) is 19.8 Å². The van der Waals surface area contributed by atoms with E-state index in [4.69, 9.17) is 0 Å². The van der Waals surface area contributed by atoms with Crippen LogP contribution in [0.15, 0.2) is 0 Å². The van der Waals surface area contributed by atoms with Crippen LogP contribution >= 0.6 is 11.5 Å².